The minimum Gasteiger partial charge on any atom is -0.449 e. The second-order valence-electron chi connectivity index (χ2n) is 11.8. The SMILES string of the molecule is CCCCCCOC(=O)NC(=N)c1ccc(CN)cc1.CCCCCCOC(=O)NC(=N)c1ccc(CNC(=O)OC(C)(C)C)cc1. The van der Waals surface area contributed by atoms with Crippen molar-refractivity contribution < 1.29 is 28.6 Å². The summed E-state index contributed by atoms with van der Waals surface area (Å²) in [5.41, 5.74) is 7.99. The topological polar surface area (TPSA) is 189 Å². The Bertz CT molecular complexity index is 1240. The maximum Gasteiger partial charge on any atom is 0.412 e. The van der Waals surface area contributed by atoms with Crippen LogP contribution in [0.25, 0.3) is 0 Å². The second-order valence-corrected chi connectivity index (χ2v) is 11.8. The molecule has 0 aliphatic carbocycles. The molecule has 12 heteroatoms. The predicted octanol–water partition coefficient (Wildman–Crippen LogP) is 7.12. The van der Waals surface area contributed by atoms with Crippen LogP contribution in [0.4, 0.5) is 14.4 Å². The lowest BCUT2D eigenvalue weighted by molar-refractivity contribution is 0.0523. The number of amidine groups is 2. The molecule has 2 rings (SSSR count). The number of amides is 3. The molecule has 0 spiro atoms. The fraction of sp³-hybridized carbons (Fsp3) is 0.514. The zero-order valence-corrected chi connectivity index (χ0v) is 28.6. The summed E-state index contributed by atoms with van der Waals surface area (Å²) >= 11 is 0. The van der Waals surface area contributed by atoms with Crippen LogP contribution in [0, 0.1) is 10.8 Å². The Kier molecular flexibility index (Phi) is 19.8. The number of hydrogen-bond donors (Lipinski definition) is 6. The molecule has 47 heavy (non-hydrogen) atoms. The first kappa shape index (κ1) is 40.6. The number of hydrogen-bond acceptors (Lipinski definition) is 9. The van der Waals surface area contributed by atoms with Crippen LogP contribution in [0.15, 0.2) is 48.5 Å². The summed E-state index contributed by atoms with van der Waals surface area (Å²) < 4.78 is 15.2. The number of rotatable bonds is 15. The first-order chi connectivity index (χ1) is 22.4. The van der Waals surface area contributed by atoms with Gasteiger partial charge in [0.05, 0.1) is 13.2 Å². The third-order valence-corrected chi connectivity index (χ3v) is 6.47. The lowest BCUT2D eigenvalue weighted by Gasteiger charge is -2.19. The minimum absolute atomic E-state index is 0.0276. The average Bonchev–Trinajstić information content (AvgIpc) is 3.03. The molecule has 0 aliphatic rings. The minimum atomic E-state index is -0.618. The van der Waals surface area contributed by atoms with Gasteiger partial charge < -0.3 is 25.3 Å². The zero-order valence-electron chi connectivity index (χ0n) is 28.6. The summed E-state index contributed by atoms with van der Waals surface area (Å²) in [4.78, 5) is 34.8. The fourth-order valence-electron chi connectivity index (χ4n) is 3.89. The van der Waals surface area contributed by atoms with Crippen LogP contribution in [0.1, 0.15) is 108 Å². The smallest absolute Gasteiger partial charge is 0.412 e. The molecule has 260 valence electrons. The largest absolute Gasteiger partial charge is 0.449 e. The average molecular weight is 655 g/mol. The highest BCUT2D eigenvalue weighted by atomic mass is 16.6. The molecule has 0 aromatic heterocycles. The Labute approximate surface area is 279 Å². The van der Waals surface area contributed by atoms with E-state index in [1.807, 2.05) is 12.1 Å². The molecule has 0 fully saturated rings. The Balaban J connectivity index is 0.000000491. The Morgan fingerprint density at radius 3 is 1.47 bits per heavy atom. The third kappa shape index (κ3) is 19.6. The number of nitrogens with two attached hydrogens (primary N) is 1. The standard InChI is InChI=1S/C20H31N3O4.C15H23N3O2/c1-5-6-7-8-13-26-19(25)23-17(21)16-11-9-15(10-12-16)14-22-18(24)27-20(2,3)4;1-2-3-4-5-10-20-15(19)18-14(17)13-8-6-12(11-16)7-9-13/h9-12H,5-8,13-14H2,1-4H3,(H,22,24)(H2,21,23,25);6-9H,2-5,10-11,16H2,1H3,(H2,17,18,19). The molecule has 7 N–H and O–H groups in total. The molecule has 2 aromatic rings. The number of carbonyl (C=O) groups is 3. The number of alkyl carbamates (subject to hydrolysis) is 3. The van der Waals surface area contributed by atoms with Crippen LogP contribution in [0.3, 0.4) is 0 Å². The van der Waals surface area contributed by atoms with Crippen molar-refractivity contribution in [2.24, 2.45) is 5.73 Å². The van der Waals surface area contributed by atoms with Crippen molar-refractivity contribution in [2.45, 2.75) is 105 Å². The molecule has 0 atom stereocenters. The van der Waals surface area contributed by atoms with Crippen LogP contribution in [-0.4, -0.2) is 48.8 Å². The Morgan fingerprint density at radius 1 is 0.660 bits per heavy atom. The maximum absolute atomic E-state index is 11.7. The van der Waals surface area contributed by atoms with E-state index in [2.05, 4.69) is 29.8 Å². The molecule has 0 bridgehead atoms. The van der Waals surface area contributed by atoms with Gasteiger partial charge in [-0.05, 0) is 44.7 Å². The summed E-state index contributed by atoms with van der Waals surface area (Å²) in [5, 5.41) is 23.2. The first-order valence-corrected chi connectivity index (χ1v) is 16.3. The van der Waals surface area contributed by atoms with E-state index in [0.717, 1.165) is 62.5 Å². The van der Waals surface area contributed by atoms with Crippen LogP contribution in [0.2, 0.25) is 0 Å². The van der Waals surface area contributed by atoms with Gasteiger partial charge in [0.15, 0.2) is 0 Å². The van der Waals surface area contributed by atoms with Crippen molar-refractivity contribution in [3.63, 3.8) is 0 Å². The van der Waals surface area contributed by atoms with E-state index >= 15 is 0 Å². The van der Waals surface area contributed by atoms with Gasteiger partial charge in [0.1, 0.15) is 17.3 Å². The lowest BCUT2D eigenvalue weighted by Crippen LogP contribution is -2.32. The lowest BCUT2D eigenvalue weighted by atomic mass is 10.1. The molecule has 0 unspecified atom stereocenters. The predicted molar refractivity (Wildman–Crippen MR) is 185 cm³/mol. The molecule has 0 heterocycles. The maximum atomic E-state index is 11.7. The molecule has 2 aromatic carbocycles. The van der Waals surface area contributed by atoms with Gasteiger partial charge in [-0.3, -0.25) is 21.5 Å². The van der Waals surface area contributed by atoms with Crippen LogP contribution in [0.5, 0.6) is 0 Å². The van der Waals surface area contributed by atoms with Gasteiger partial charge in [-0.15, -0.1) is 0 Å². The highest BCUT2D eigenvalue weighted by molar-refractivity contribution is 6.05. The highest BCUT2D eigenvalue weighted by Crippen LogP contribution is 2.09. The quantitative estimate of drug-likeness (QED) is 0.0510. The molecule has 0 saturated carbocycles. The number of unbranched alkanes of at least 4 members (excludes halogenated alkanes) is 6. The van der Waals surface area contributed by atoms with E-state index in [-0.39, 0.29) is 11.7 Å². The van der Waals surface area contributed by atoms with Crippen molar-refractivity contribution in [3.05, 3.63) is 70.8 Å². The molecular weight excluding hydrogens is 600 g/mol. The van der Waals surface area contributed by atoms with E-state index in [1.165, 1.54) is 0 Å². The van der Waals surface area contributed by atoms with Gasteiger partial charge in [-0.1, -0.05) is 101 Å². The molecular formula is C35H54N6O6. The molecule has 0 radical (unpaired) electrons. The molecule has 0 aliphatic heterocycles. The number of benzene rings is 2. The molecule has 12 nitrogen and oxygen atoms in total. The highest BCUT2D eigenvalue weighted by Gasteiger charge is 2.16. The Hall–Kier alpha value is -4.45. The van der Waals surface area contributed by atoms with Crippen molar-refractivity contribution in [3.8, 4) is 0 Å². The third-order valence-electron chi connectivity index (χ3n) is 6.47. The van der Waals surface area contributed by atoms with Gasteiger partial charge in [-0.25, -0.2) is 14.4 Å². The van der Waals surface area contributed by atoms with Crippen molar-refractivity contribution in [1.29, 1.82) is 10.8 Å². The normalized spacial score (nSPS) is 10.5. The van der Waals surface area contributed by atoms with Crippen LogP contribution >= 0.6 is 0 Å². The number of nitrogens with one attached hydrogen (secondary N) is 5. The monoisotopic (exact) mass is 654 g/mol. The zero-order chi connectivity index (χ0) is 35.1. The fourth-order valence-corrected chi connectivity index (χ4v) is 3.89. The van der Waals surface area contributed by atoms with Crippen molar-refractivity contribution in [2.75, 3.05) is 13.2 Å². The summed E-state index contributed by atoms with van der Waals surface area (Å²) in [6, 6.07) is 14.1. The van der Waals surface area contributed by atoms with E-state index in [1.54, 1.807) is 57.2 Å². The number of carbonyl (C=O) groups excluding carboxylic acids is 3. The summed E-state index contributed by atoms with van der Waals surface area (Å²) in [6.07, 6.45) is 6.64. The second kappa shape index (κ2) is 23.0. The van der Waals surface area contributed by atoms with Gasteiger partial charge in [0.2, 0.25) is 0 Å². The molecule has 3 amide bonds. The van der Waals surface area contributed by atoms with E-state index in [0.29, 0.717) is 37.4 Å². The summed E-state index contributed by atoms with van der Waals surface area (Å²) in [5.74, 6) is 0.00680. The van der Waals surface area contributed by atoms with E-state index in [9.17, 15) is 14.4 Å². The first-order valence-electron chi connectivity index (χ1n) is 16.3. The van der Waals surface area contributed by atoms with E-state index in [4.69, 9.17) is 30.8 Å². The number of ether oxygens (including phenoxy) is 3. The Morgan fingerprint density at radius 2 is 1.09 bits per heavy atom. The van der Waals surface area contributed by atoms with Crippen molar-refractivity contribution in [1.82, 2.24) is 16.0 Å². The molecule has 0 saturated heterocycles. The van der Waals surface area contributed by atoms with Gasteiger partial charge in [-0.2, -0.15) is 0 Å². The van der Waals surface area contributed by atoms with Gasteiger partial charge in [0, 0.05) is 24.2 Å². The van der Waals surface area contributed by atoms with Crippen molar-refractivity contribution >= 4 is 30.0 Å². The van der Waals surface area contributed by atoms with E-state index < -0.39 is 23.9 Å². The summed E-state index contributed by atoms with van der Waals surface area (Å²) in [6.45, 7) is 11.2. The van der Waals surface area contributed by atoms with Crippen LogP contribution < -0.4 is 21.7 Å². The van der Waals surface area contributed by atoms with Crippen LogP contribution in [-0.2, 0) is 27.3 Å². The van der Waals surface area contributed by atoms with Gasteiger partial charge >= 0.3 is 18.3 Å². The summed E-state index contributed by atoms with van der Waals surface area (Å²) in [7, 11) is 0. The van der Waals surface area contributed by atoms with Gasteiger partial charge in [0.25, 0.3) is 0 Å².